The normalized spacial score (nSPS) is 10.5. The van der Waals surface area contributed by atoms with Crippen LogP contribution in [0.4, 0.5) is 0 Å². The molecule has 170 valence electrons. The minimum Gasteiger partial charge on any atom is -0.481 e. The summed E-state index contributed by atoms with van der Waals surface area (Å²) < 4.78 is 14.5. The quantitative estimate of drug-likeness (QED) is 0.234. The molecule has 0 radical (unpaired) electrons. The van der Waals surface area contributed by atoms with Crippen molar-refractivity contribution in [1.29, 1.82) is 0 Å². The Morgan fingerprint density at radius 3 is 2.00 bits per heavy atom. The molecule has 0 saturated heterocycles. The summed E-state index contributed by atoms with van der Waals surface area (Å²) in [5.74, 6) is -0.549. The van der Waals surface area contributed by atoms with Gasteiger partial charge in [0, 0.05) is 6.07 Å². The van der Waals surface area contributed by atoms with Crippen LogP contribution in [0.2, 0.25) is 0 Å². The average Bonchev–Trinajstić information content (AvgIpc) is 3.38. The Morgan fingerprint density at radius 2 is 1.39 bits per heavy atom. The number of aromatic nitrogens is 4. The SMILES string of the molecule is COc1ccc2oc(=O)[nH]c2n1.O=c1[nH]c2nc(/C=C/c3ccccc3)ccc2o1.OOO. The second kappa shape index (κ2) is 11.2. The van der Waals surface area contributed by atoms with E-state index in [2.05, 4.69) is 25.0 Å². The van der Waals surface area contributed by atoms with Gasteiger partial charge >= 0.3 is 11.5 Å². The number of oxazole rings is 2. The van der Waals surface area contributed by atoms with Crippen LogP contribution in [0.1, 0.15) is 11.3 Å². The zero-order chi connectivity index (χ0) is 23.6. The lowest BCUT2D eigenvalue weighted by Crippen LogP contribution is -1.94. The maximum absolute atomic E-state index is 11.0. The van der Waals surface area contributed by atoms with Crippen LogP contribution in [-0.4, -0.2) is 37.6 Å². The molecule has 0 saturated carbocycles. The minimum absolute atomic E-state index is 0.402. The van der Waals surface area contributed by atoms with Gasteiger partial charge in [-0.15, -0.1) is 0 Å². The first-order valence-electron chi connectivity index (χ1n) is 9.24. The summed E-state index contributed by atoms with van der Waals surface area (Å²) in [4.78, 5) is 34.9. The van der Waals surface area contributed by atoms with Gasteiger partial charge in [-0.25, -0.2) is 25.1 Å². The number of fused-ring (bicyclic) bond motifs is 2. The van der Waals surface area contributed by atoms with Gasteiger partial charge in [-0.3, -0.25) is 9.97 Å². The standard InChI is InChI=1S/C14H10N2O2.C7H6N2O3.H2O3/c17-14-16-13-12(18-14)9-8-11(15-13)7-6-10-4-2-1-3-5-10;1-11-5-3-2-4-6(8-5)9-7(10)12-4;1-3-2/h1-9H,(H,15,16,17);2-3H,1H3,(H,8,9,10);1-2H/b7-6+;;. The van der Waals surface area contributed by atoms with Crippen LogP contribution in [0.3, 0.4) is 0 Å². The molecular weight excluding hydrogens is 436 g/mol. The summed E-state index contributed by atoms with van der Waals surface area (Å²) >= 11 is 0. The molecule has 0 unspecified atom stereocenters. The van der Waals surface area contributed by atoms with Gasteiger partial charge in [0.05, 0.1) is 12.8 Å². The molecule has 1 aromatic carbocycles. The summed E-state index contributed by atoms with van der Waals surface area (Å²) in [6.45, 7) is 0. The van der Waals surface area contributed by atoms with Gasteiger partial charge < -0.3 is 13.6 Å². The summed E-state index contributed by atoms with van der Waals surface area (Å²) in [6.07, 6.45) is 3.85. The minimum atomic E-state index is -0.509. The fraction of sp³-hybridized carbons (Fsp3) is 0.0476. The Morgan fingerprint density at radius 1 is 0.818 bits per heavy atom. The van der Waals surface area contributed by atoms with E-state index in [9.17, 15) is 9.59 Å². The van der Waals surface area contributed by atoms with Crippen molar-refractivity contribution >= 4 is 34.6 Å². The van der Waals surface area contributed by atoms with E-state index in [0.717, 1.165) is 11.3 Å². The first-order chi connectivity index (χ1) is 16.0. The molecule has 0 fully saturated rings. The molecule has 0 atom stereocenters. The highest BCUT2D eigenvalue weighted by atomic mass is 17.4. The first kappa shape index (κ1) is 23.1. The molecule has 12 heteroatoms. The molecular formula is C21H18N4O8. The number of hydrogen-bond acceptors (Lipinski definition) is 10. The molecule has 5 rings (SSSR count). The highest BCUT2D eigenvalue weighted by Gasteiger charge is 2.03. The largest absolute Gasteiger partial charge is 0.481 e. The van der Waals surface area contributed by atoms with Gasteiger partial charge in [0.15, 0.2) is 22.5 Å². The van der Waals surface area contributed by atoms with E-state index >= 15 is 0 Å². The molecule has 4 aromatic heterocycles. The maximum atomic E-state index is 11.0. The molecule has 0 aliphatic heterocycles. The van der Waals surface area contributed by atoms with Gasteiger partial charge in [-0.2, -0.15) is 4.98 Å². The van der Waals surface area contributed by atoms with Crippen molar-refractivity contribution in [3.8, 4) is 5.88 Å². The Balaban J connectivity index is 0.000000177. The molecule has 0 aliphatic carbocycles. The molecule has 5 aromatic rings. The summed E-state index contributed by atoms with van der Waals surface area (Å²) in [5.41, 5.74) is 3.63. The van der Waals surface area contributed by atoms with Crippen LogP contribution in [0, 0.1) is 0 Å². The van der Waals surface area contributed by atoms with Crippen molar-refractivity contribution in [3.05, 3.63) is 87.0 Å². The van der Waals surface area contributed by atoms with Gasteiger partial charge in [0.2, 0.25) is 5.88 Å². The Kier molecular flexibility index (Phi) is 7.86. The Labute approximate surface area is 184 Å². The van der Waals surface area contributed by atoms with Gasteiger partial charge in [0.25, 0.3) is 0 Å². The van der Waals surface area contributed by atoms with Gasteiger partial charge in [-0.1, -0.05) is 41.4 Å². The van der Waals surface area contributed by atoms with Crippen LogP contribution < -0.4 is 16.2 Å². The molecule has 0 amide bonds. The van der Waals surface area contributed by atoms with Crippen LogP contribution in [0.25, 0.3) is 34.6 Å². The van der Waals surface area contributed by atoms with E-state index in [1.807, 2.05) is 42.5 Å². The van der Waals surface area contributed by atoms with Crippen LogP contribution in [0.15, 0.2) is 73.0 Å². The predicted octanol–water partition coefficient (Wildman–Crippen LogP) is 3.16. The smallest absolute Gasteiger partial charge is 0.418 e. The van der Waals surface area contributed by atoms with Crippen LogP contribution in [0.5, 0.6) is 5.88 Å². The lowest BCUT2D eigenvalue weighted by Gasteiger charge is -1.94. The molecule has 33 heavy (non-hydrogen) atoms. The molecule has 0 spiro atoms. The summed E-state index contributed by atoms with van der Waals surface area (Å²) in [5, 5.41) is 15.5. The third kappa shape index (κ3) is 6.48. The van der Waals surface area contributed by atoms with Crippen molar-refractivity contribution in [2.75, 3.05) is 7.11 Å². The van der Waals surface area contributed by atoms with E-state index in [1.54, 1.807) is 24.3 Å². The number of nitrogens with zero attached hydrogens (tertiary/aromatic N) is 2. The van der Waals surface area contributed by atoms with Crippen molar-refractivity contribution in [1.82, 2.24) is 19.9 Å². The monoisotopic (exact) mass is 454 g/mol. The van der Waals surface area contributed by atoms with Gasteiger partial charge in [-0.05, 0) is 29.8 Å². The number of rotatable bonds is 3. The summed E-state index contributed by atoms with van der Waals surface area (Å²) in [6, 6.07) is 16.7. The number of H-pyrrole nitrogens is 2. The Hall–Kier alpha value is -4.52. The van der Waals surface area contributed by atoms with Crippen molar-refractivity contribution in [2.24, 2.45) is 0 Å². The van der Waals surface area contributed by atoms with E-state index < -0.39 is 11.5 Å². The number of nitrogens with one attached hydrogen (secondary N) is 2. The number of methoxy groups -OCH3 is 1. The molecule has 4 heterocycles. The lowest BCUT2D eigenvalue weighted by molar-refractivity contribution is -0.465. The second-order valence-electron chi connectivity index (χ2n) is 6.14. The molecule has 0 aliphatic rings. The highest BCUT2D eigenvalue weighted by molar-refractivity contribution is 5.73. The van der Waals surface area contributed by atoms with E-state index in [-0.39, 0.29) is 0 Å². The molecule has 0 bridgehead atoms. The third-order valence-electron chi connectivity index (χ3n) is 4.01. The first-order valence-corrected chi connectivity index (χ1v) is 9.24. The Bertz CT molecular complexity index is 1450. The topological polar surface area (TPSA) is 177 Å². The fourth-order valence-electron chi connectivity index (χ4n) is 2.63. The van der Waals surface area contributed by atoms with Crippen LogP contribution in [-0.2, 0) is 5.04 Å². The second-order valence-corrected chi connectivity index (χ2v) is 6.14. The lowest BCUT2D eigenvalue weighted by atomic mass is 10.2. The van der Waals surface area contributed by atoms with Crippen molar-refractivity contribution in [3.63, 3.8) is 0 Å². The predicted molar refractivity (Wildman–Crippen MR) is 118 cm³/mol. The summed E-state index contributed by atoms with van der Waals surface area (Å²) in [7, 11) is 1.51. The van der Waals surface area contributed by atoms with Crippen LogP contribution >= 0.6 is 0 Å². The highest BCUT2D eigenvalue weighted by Crippen LogP contribution is 2.12. The number of ether oxygens (including phenoxy) is 1. The van der Waals surface area contributed by atoms with E-state index in [1.165, 1.54) is 7.11 Å². The average molecular weight is 454 g/mol. The van der Waals surface area contributed by atoms with E-state index in [4.69, 9.17) is 24.1 Å². The zero-order valence-corrected chi connectivity index (χ0v) is 17.1. The number of aromatic amines is 2. The number of benzene rings is 1. The zero-order valence-electron chi connectivity index (χ0n) is 17.1. The van der Waals surface area contributed by atoms with E-state index in [0.29, 0.717) is 28.3 Å². The fourth-order valence-corrected chi connectivity index (χ4v) is 2.63. The van der Waals surface area contributed by atoms with Crippen molar-refractivity contribution < 1.29 is 29.1 Å². The number of pyridine rings is 2. The third-order valence-corrected chi connectivity index (χ3v) is 4.01. The molecule has 12 nitrogen and oxygen atoms in total. The number of hydrogen-bond donors (Lipinski definition) is 4. The molecule has 4 N–H and O–H groups in total. The maximum Gasteiger partial charge on any atom is 0.418 e. The van der Waals surface area contributed by atoms with Crippen molar-refractivity contribution in [2.45, 2.75) is 0 Å². The van der Waals surface area contributed by atoms with Gasteiger partial charge in [0.1, 0.15) is 0 Å².